The number of aryl methyl sites for hydroxylation is 2. The first-order valence-electron chi connectivity index (χ1n) is 11.7. The monoisotopic (exact) mass is 472 g/mol. The molecule has 1 amide bonds. The smallest absolute Gasteiger partial charge is 0.253 e. The van der Waals surface area contributed by atoms with E-state index in [2.05, 4.69) is 32.4 Å². The molecule has 1 aromatic carbocycles. The van der Waals surface area contributed by atoms with E-state index in [4.69, 9.17) is 4.98 Å². The van der Waals surface area contributed by atoms with Crippen molar-refractivity contribution in [2.24, 2.45) is 0 Å². The number of fused-ring (bicyclic) bond motifs is 1. The lowest BCUT2D eigenvalue weighted by Gasteiger charge is -2.13. The molecular weight excluding hydrogens is 440 g/mol. The van der Waals surface area contributed by atoms with E-state index in [1.54, 1.807) is 12.3 Å². The lowest BCUT2D eigenvalue weighted by atomic mass is 10.0. The highest BCUT2D eigenvalue weighted by molar-refractivity contribution is 6.06. The molecule has 35 heavy (non-hydrogen) atoms. The van der Waals surface area contributed by atoms with Crippen molar-refractivity contribution in [3.8, 4) is 11.3 Å². The van der Waals surface area contributed by atoms with E-state index in [0.717, 1.165) is 23.4 Å². The van der Waals surface area contributed by atoms with Crippen LogP contribution in [0.15, 0.2) is 47.4 Å². The van der Waals surface area contributed by atoms with Crippen LogP contribution in [0, 0.1) is 13.8 Å². The molecule has 182 valence electrons. The predicted octanol–water partition coefficient (Wildman–Crippen LogP) is 3.98. The van der Waals surface area contributed by atoms with Crippen LogP contribution in [0.5, 0.6) is 0 Å². The largest absolute Gasteiger partial charge is 0.348 e. The Kier molecular flexibility index (Phi) is 6.84. The summed E-state index contributed by atoms with van der Waals surface area (Å²) in [6.45, 7) is 8.76. The van der Waals surface area contributed by atoms with Crippen molar-refractivity contribution in [3.63, 3.8) is 0 Å². The normalized spacial score (nSPS) is 11.5. The number of benzene rings is 1. The van der Waals surface area contributed by atoms with Crippen LogP contribution in [-0.2, 0) is 13.1 Å². The van der Waals surface area contributed by atoms with Gasteiger partial charge in [0, 0.05) is 36.0 Å². The van der Waals surface area contributed by atoms with Gasteiger partial charge in [-0.2, -0.15) is 5.10 Å². The van der Waals surface area contributed by atoms with Crippen molar-refractivity contribution in [2.45, 2.75) is 46.8 Å². The summed E-state index contributed by atoms with van der Waals surface area (Å²) in [6.07, 6.45) is 1.69. The highest BCUT2D eigenvalue weighted by atomic mass is 16.1. The molecule has 0 saturated carbocycles. The fourth-order valence-corrected chi connectivity index (χ4v) is 4.24. The van der Waals surface area contributed by atoms with Crippen LogP contribution in [0.1, 0.15) is 52.6 Å². The zero-order valence-corrected chi connectivity index (χ0v) is 21.1. The van der Waals surface area contributed by atoms with Gasteiger partial charge in [-0.1, -0.05) is 24.3 Å². The number of amides is 1. The number of aromatic amines is 1. The number of nitrogens with one attached hydrogen (secondary N) is 2. The van der Waals surface area contributed by atoms with Crippen LogP contribution in [0.4, 0.5) is 0 Å². The molecule has 0 aliphatic heterocycles. The highest BCUT2D eigenvalue weighted by Crippen LogP contribution is 2.27. The molecule has 3 aromatic heterocycles. The number of pyridine rings is 2. The summed E-state index contributed by atoms with van der Waals surface area (Å²) in [7, 11) is 4.07. The summed E-state index contributed by atoms with van der Waals surface area (Å²) >= 11 is 0. The quantitative estimate of drug-likeness (QED) is 0.424. The molecule has 0 aliphatic carbocycles. The topological polar surface area (TPSA) is 95.9 Å². The predicted molar refractivity (Wildman–Crippen MR) is 138 cm³/mol. The first-order chi connectivity index (χ1) is 16.6. The SMILES string of the molecule is Cc1cc(C)c(CNC(=O)c2cc(-c3ccc(CN(C)C)cc3)nc3c2cnn3C(C)C)c(=O)[nH]1. The van der Waals surface area contributed by atoms with Gasteiger partial charge in [0.1, 0.15) is 0 Å². The van der Waals surface area contributed by atoms with Gasteiger partial charge in [0.25, 0.3) is 11.5 Å². The minimum Gasteiger partial charge on any atom is -0.348 e. The Morgan fingerprint density at radius 1 is 1.14 bits per heavy atom. The van der Waals surface area contributed by atoms with E-state index in [0.29, 0.717) is 27.9 Å². The maximum absolute atomic E-state index is 13.4. The number of carbonyl (C=O) groups excluding carboxylic acids is 1. The third-order valence-electron chi connectivity index (χ3n) is 5.97. The summed E-state index contributed by atoms with van der Waals surface area (Å²) in [4.78, 5) is 35.6. The Bertz CT molecular complexity index is 1430. The number of hydrogen-bond donors (Lipinski definition) is 2. The molecule has 0 radical (unpaired) electrons. The van der Waals surface area contributed by atoms with Crippen LogP contribution < -0.4 is 10.9 Å². The Morgan fingerprint density at radius 2 is 1.86 bits per heavy atom. The third-order valence-corrected chi connectivity index (χ3v) is 5.97. The van der Waals surface area contributed by atoms with Gasteiger partial charge in [0.2, 0.25) is 0 Å². The van der Waals surface area contributed by atoms with Gasteiger partial charge in [0.15, 0.2) is 5.65 Å². The number of H-pyrrole nitrogens is 1. The number of carbonyl (C=O) groups is 1. The van der Waals surface area contributed by atoms with Crippen molar-refractivity contribution < 1.29 is 4.79 Å². The van der Waals surface area contributed by atoms with E-state index in [9.17, 15) is 9.59 Å². The van der Waals surface area contributed by atoms with E-state index >= 15 is 0 Å². The van der Waals surface area contributed by atoms with Crippen LogP contribution >= 0.6 is 0 Å². The standard InChI is InChI=1S/C27H32N6O2/c1-16(2)33-25-23(14-29-33)21(26(34)28-13-22-17(3)11-18(4)30-27(22)35)12-24(31-25)20-9-7-19(8-10-20)15-32(5)6/h7-12,14,16H,13,15H2,1-6H3,(H,28,34)(H,30,35). The average molecular weight is 473 g/mol. The third kappa shape index (κ3) is 5.17. The van der Waals surface area contributed by atoms with E-state index in [-0.39, 0.29) is 24.1 Å². The zero-order chi connectivity index (χ0) is 25.3. The molecule has 8 nitrogen and oxygen atoms in total. The fraction of sp³-hybridized carbons (Fsp3) is 0.333. The molecule has 0 bridgehead atoms. The Morgan fingerprint density at radius 3 is 2.49 bits per heavy atom. The average Bonchev–Trinajstić information content (AvgIpc) is 3.22. The van der Waals surface area contributed by atoms with Gasteiger partial charge < -0.3 is 15.2 Å². The van der Waals surface area contributed by atoms with Gasteiger partial charge >= 0.3 is 0 Å². The molecular formula is C27H32N6O2. The van der Waals surface area contributed by atoms with Crippen molar-refractivity contribution in [1.82, 2.24) is 30.0 Å². The van der Waals surface area contributed by atoms with Crippen LogP contribution in [0.25, 0.3) is 22.3 Å². The highest BCUT2D eigenvalue weighted by Gasteiger charge is 2.19. The van der Waals surface area contributed by atoms with Crippen LogP contribution in [0.3, 0.4) is 0 Å². The molecule has 0 saturated heterocycles. The summed E-state index contributed by atoms with van der Waals surface area (Å²) < 4.78 is 1.82. The van der Waals surface area contributed by atoms with Gasteiger partial charge in [-0.3, -0.25) is 9.59 Å². The second kappa shape index (κ2) is 9.84. The molecule has 2 N–H and O–H groups in total. The minimum atomic E-state index is -0.273. The first-order valence-corrected chi connectivity index (χ1v) is 11.7. The summed E-state index contributed by atoms with van der Waals surface area (Å²) in [6, 6.07) is 12.0. The molecule has 4 rings (SSSR count). The summed E-state index contributed by atoms with van der Waals surface area (Å²) in [5.74, 6) is -0.273. The molecule has 8 heteroatoms. The lowest BCUT2D eigenvalue weighted by Crippen LogP contribution is -2.28. The summed E-state index contributed by atoms with van der Waals surface area (Å²) in [5.41, 5.74) is 5.95. The van der Waals surface area contributed by atoms with E-state index in [1.165, 1.54) is 5.56 Å². The Hall–Kier alpha value is -3.78. The molecule has 0 aliphatic rings. The number of nitrogens with zero attached hydrogens (tertiary/aromatic N) is 4. The lowest BCUT2D eigenvalue weighted by molar-refractivity contribution is 0.0952. The van der Waals surface area contributed by atoms with Crippen molar-refractivity contribution in [2.75, 3.05) is 14.1 Å². The molecule has 3 heterocycles. The van der Waals surface area contributed by atoms with Gasteiger partial charge in [-0.15, -0.1) is 0 Å². The number of rotatable bonds is 7. The molecule has 0 atom stereocenters. The fourth-order valence-electron chi connectivity index (χ4n) is 4.24. The number of hydrogen-bond acceptors (Lipinski definition) is 5. The second-order valence-electron chi connectivity index (χ2n) is 9.54. The maximum atomic E-state index is 13.4. The molecule has 4 aromatic rings. The zero-order valence-electron chi connectivity index (χ0n) is 21.1. The van der Waals surface area contributed by atoms with Gasteiger partial charge in [0.05, 0.1) is 22.8 Å². The molecule has 0 spiro atoms. The van der Waals surface area contributed by atoms with Crippen molar-refractivity contribution >= 4 is 16.9 Å². The Labute approximate surface area is 205 Å². The van der Waals surface area contributed by atoms with Gasteiger partial charge in [-0.25, -0.2) is 9.67 Å². The summed E-state index contributed by atoms with van der Waals surface area (Å²) in [5, 5.41) is 8.10. The Balaban J connectivity index is 1.72. The van der Waals surface area contributed by atoms with Crippen molar-refractivity contribution in [1.29, 1.82) is 0 Å². The van der Waals surface area contributed by atoms with Crippen molar-refractivity contribution in [3.05, 3.63) is 80.9 Å². The minimum absolute atomic E-state index is 0.0856. The van der Waals surface area contributed by atoms with Crippen LogP contribution in [-0.4, -0.2) is 44.7 Å². The molecule has 0 unspecified atom stereocenters. The van der Waals surface area contributed by atoms with Gasteiger partial charge in [-0.05, 0) is 65.0 Å². The van der Waals surface area contributed by atoms with E-state index in [1.807, 2.05) is 64.7 Å². The molecule has 0 fully saturated rings. The first kappa shape index (κ1) is 24.3. The van der Waals surface area contributed by atoms with E-state index < -0.39 is 0 Å². The number of aromatic nitrogens is 4. The second-order valence-corrected chi connectivity index (χ2v) is 9.54. The maximum Gasteiger partial charge on any atom is 0.253 e. The van der Waals surface area contributed by atoms with Crippen LogP contribution in [0.2, 0.25) is 0 Å².